The van der Waals surface area contributed by atoms with Crippen LogP contribution in [-0.2, 0) is 4.84 Å². The summed E-state index contributed by atoms with van der Waals surface area (Å²) in [5.74, 6) is 0.698. The van der Waals surface area contributed by atoms with Crippen molar-refractivity contribution in [2.45, 2.75) is 103 Å². The molecule has 29 heavy (non-hydrogen) atoms. The fourth-order valence-electron chi connectivity index (χ4n) is 4.35. The van der Waals surface area contributed by atoms with E-state index in [0.717, 1.165) is 25.7 Å². The number of hydrogen-bond acceptors (Lipinski definition) is 7. The molecule has 0 atom stereocenters. The van der Waals surface area contributed by atoms with Crippen molar-refractivity contribution < 1.29 is 4.84 Å². The molecule has 166 valence electrons. The van der Waals surface area contributed by atoms with Gasteiger partial charge in [0.05, 0.1) is 0 Å². The Morgan fingerprint density at radius 3 is 1.90 bits per heavy atom. The maximum Gasteiger partial charge on any atom is 0.228 e. The number of nitrogens with two attached hydrogens (primary N) is 1. The number of rotatable bonds is 7. The number of hydrogen-bond donors (Lipinski definition) is 2. The number of aromatic nitrogens is 3. The number of halogens is 2. The van der Waals surface area contributed by atoms with Crippen molar-refractivity contribution in [3.63, 3.8) is 0 Å². The average molecular weight is 447 g/mol. The van der Waals surface area contributed by atoms with Crippen molar-refractivity contribution in [3.8, 4) is 0 Å². The molecular weight excluding hydrogens is 411 g/mol. The zero-order chi connectivity index (χ0) is 22.3. The summed E-state index contributed by atoms with van der Waals surface area (Å²) in [6, 6.07) is 0. The highest BCUT2D eigenvalue weighted by atomic mass is 35.5. The molecule has 1 aromatic rings. The van der Waals surface area contributed by atoms with Crippen LogP contribution in [0.4, 0.5) is 5.95 Å². The highest BCUT2D eigenvalue weighted by molar-refractivity contribution is 6.31. The standard InChI is InChI=1S/C20H36Cl2N6O/c1-9-20(23,10-2)29-28-17(3,4)11-13(12-18(28,5)6)19(7,8)27-16-25-14(21)24-15(22)26-16/h13H,9-12,23H2,1-8H3,(H,24,25,26,27). The highest BCUT2D eigenvalue weighted by Crippen LogP contribution is 2.47. The molecule has 2 heterocycles. The summed E-state index contributed by atoms with van der Waals surface area (Å²) in [6.45, 7) is 17.3. The first-order valence-corrected chi connectivity index (χ1v) is 11.0. The van der Waals surface area contributed by atoms with Crippen LogP contribution in [0.15, 0.2) is 0 Å². The molecule has 0 unspecified atom stereocenters. The second kappa shape index (κ2) is 8.42. The maximum atomic E-state index is 6.50. The van der Waals surface area contributed by atoms with Crippen LogP contribution in [0.25, 0.3) is 0 Å². The van der Waals surface area contributed by atoms with Crippen molar-refractivity contribution in [3.05, 3.63) is 10.6 Å². The van der Waals surface area contributed by atoms with Crippen LogP contribution in [0.3, 0.4) is 0 Å². The lowest BCUT2D eigenvalue weighted by atomic mass is 9.68. The van der Waals surface area contributed by atoms with E-state index in [2.05, 4.69) is 80.7 Å². The Labute approximate surface area is 185 Å². The van der Waals surface area contributed by atoms with Crippen molar-refractivity contribution in [2.75, 3.05) is 5.32 Å². The first kappa shape index (κ1) is 24.5. The van der Waals surface area contributed by atoms with Crippen molar-refractivity contribution in [1.82, 2.24) is 20.0 Å². The molecule has 7 nitrogen and oxygen atoms in total. The van der Waals surface area contributed by atoms with E-state index in [4.69, 9.17) is 33.8 Å². The van der Waals surface area contributed by atoms with Gasteiger partial charge in [0.25, 0.3) is 0 Å². The summed E-state index contributed by atoms with van der Waals surface area (Å²) in [6.07, 6.45) is 3.33. The Morgan fingerprint density at radius 2 is 1.48 bits per heavy atom. The van der Waals surface area contributed by atoms with Crippen LogP contribution in [0.5, 0.6) is 0 Å². The third-order valence-corrected chi connectivity index (χ3v) is 6.43. The molecule has 1 aromatic heterocycles. The monoisotopic (exact) mass is 446 g/mol. The Hall–Kier alpha value is -0.730. The van der Waals surface area contributed by atoms with Crippen LogP contribution in [0.1, 0.15) is 81.1 Å². The van der Waals surface area contributed by atoms with Gasteiger partial charge in [-0.3, -0.25) is 4.84 Å². The minimum Gasteiger partial charge on any atom is -0.349 e. The Bertz CT molecular complexity index is 683. The van der Waals surface area contributed by atoms with Gasteiger partial charge < -0.3 is 11.1 Å². The molecule has 0 aromatic carbocycles. The number of anilines is 1. The third-order valence-electron chi connectivity index (χ3n) is 6.10. The summed E-state index contributed by atoms with van der Waals surface area (Å²) in [5.41, 5.74) is 5.11. The molecule has 1 fully saturated rings. The van der Waals surface area contributed by atoms with Gasteiger partial charge in [-0.05, 0) is 96.3 Å². The Balaban J connectivity index is 2.26. The molecule has 3 N–H and O–H groups in total. The maximum absolute atomic E-state index is 6.50. The fourth-order valence-corrected chi connectivity index (χ4v) is 4.72. The summed E-state index contributed by atoms with van der Waals surface area (Å²) in [5, 5.41) is 5.69. The van der Waals surface area contributed by atoms with Gasteiger partial charge in [0.2, 0.25) is 16.5 Å². The van der Waals surface area contributed by atoms with E-state index >= 15 is 0 Å². The SMILES string of the molecule is CCC(N)(CC)ON1C(C)(C)CC(C(C)(C)Nc2nc(Cl)nc(Cl)n2)CC1(C)C. The smallest absolute Gasteiger partial charge is 0.228 e. The lowest BCUT2D eigenvalue weighted by Gasteiger charge is -2.58. The van der Waals surface area contributed by atoms with Crippen molar-refractivity contribution in [1.29, 1.82) is 0 Å². The molecule has 0 aliphatic carbocycles. The second-order valence-corrected chi connectivity index (χ2v) is 10.6. The predicted molar refractivity (Wildman–Crippen MR) is 119 cm³/mol. The molecule has 1 aliphatic rings. The Kier molecular flexibility index (Phi) is 7.13. The molecule has 1 aliphatic heterocycles. The molecule has 0 saturated carbocycles. The Morgan fingerprint density at radius 1 is 1.03 bits per heavy atom. The van der Waals surface area contributed by atoms with Gasteiger partial charge in [0.15, 0.2) is 0 Å². The van der Waals surface area contributed by atoms with E-state index in [1.807, 2.05) is 0 Å². The number of nitrogens with zero attached hydrogens (tertiary/aromatic N) is 4. The van der Waals surface area contributed by atoms with E-state index in [9.17, 15) is 0 Å². The van der Waals surface area contributed by atoms with Crippen LogP contribution in [-0.4, -0.2) is 42.4 Å². The molecular formula is C20H36Cl2N6O. The lowest BCUT2D eigenvalue weighted by Crippen LogP contribution is -2.66. The topological polar surface area (TPSA) is 89.2 Å². The van der Waals surface area contributed by atoms with Gasteiger partial charge in [-0.1, -0.05) is 13.8 Å². The number of hydroxylamine groups is 2. The zero-order valence-corrected chi connectivity index (χ0v) is 20.4. The zero-order valence-electron chi connectivity index (χ0n) is 18.9. The lowest BCUT2D eigenvalue weighted by molar-refractivity contribution is -0.343. The van der Waals surface area contributed by atoms with Crippen LogP contribution >= 0.6 is 23.2 Å². The predicted octanol–water partition coefficient (Wildman–Crippen LogP) is 5.04. The van der Waals surface area contributed by atoms with Gasteiger partial charge in [-0.2, -0.15) is 20.0 Å². The molecule has 0 spiro atoms. The van der Waals surface area contributed by atoms with Crippen molar-refractivity contribution >= 4 is 29.2 Å². The van der Waals surface area contributed by atoms with Gasteiger partial charge in [0.1, 0.15) is 5.72 Å². The minimum absolute atomic E-state index is 0.0746. The third kappa shape index (κ3) is 5.70. The van der Waals surface area contributed by atoms with E-state index in [1.165, 1.54) is 0 Å². The minimum atomic E-state index is -0.659. The summed E-state index contributed by atoms with van der Waals surface area (Å²) in [4.78, 5) is 18.6. The summed E-state index contributed by atoms with van der Waals surface area (Å²) in [7, 11) is 0. The van der Waals surface area contributed by atoms with Gasteiger partial charge in [-0.25, -0.2) is 0 Å². The van der Waals surface area contributed by atoms with Crippen LogP contribution in [0.2, 0.25) is 10.6 Å². The largest absolute Gasteiger partial charge is 0.349 e. The van der Waals surface area contributed by atoms with E-state index in [-0.39, 0.29) is 27.2 Å². The molecule has 0 radical (unpaired) electrons. The van der Waals surface area contributed by atoms with Crippen LogP contribution < -0.4 is 11.1 Å². The second-order valence-electron chi connectivity index (χ2n) is 9.93. The molecule has 0 bridgehead atoms. The quantitative estimate of drug-likeness (QED) is 0.566. The van der Waals surface area contributed by atoms with Gasteiger partial charge in [0, 0.05) is 16.6 Å². The average Bonchev–Trinajstić information content (AvgIpc) is 2.56. The normalized spacial score (nSPS) is 20.7. The molecule has 0 amide bonds. The van der Waals surface area contributed by atoms with Crippen LogP contribution in [0, 0.1) is 5.92 Å². The highest BCUT2D eigenvalue weighted by Gasteiger charge is 2.52. The van der Waals surface area contributed by atoms with E-state index in [0.29, 0.717) is 11.9 Å². The van der Waals surface area contributed by atoms with E-state index in [1.54, 1.807) is 0 Å². The summed E-state index contributed by atoms with van der Waals surface area (Å²) >= 11 is 11.9. The summed E-state index contributed by atoms with van der Waals surface area (Å²) < 4.78 is 0. The fraction of sp³-hybridized carbons (Fsp3) is 0.850. The molecule has 2 rings (SSSR count). The molecule has 1 saturated heterocycles. The number of piperidine rings is 1. The van der Waals surface area contributed by atoms with Gasteiger partial charge >= 0.3 is 0 Å². The first-order valence-electron chi connectivity index (χ1n) is 10.3. The molecule has 9 heteroatoms. The van der Waals surface area contributed by atoms with Crippen molar-refractivity contribution in [2.24, 2.45) is 11.7 Å². The first-order chi connectivity index (χ1) is 13.1. The van der Waals surface area contributed by atoms with E-state index < -0.39 is 5.72 Å². The van der Waals surface area contributed by atoms with Gasteiger partial charge in [-0.15, -0.1) is 0 Å². The number of nitrogens with one attached hydrogen (secondary N) is 1.